The Bertz CT molecular complexity index is 397. The lowest BCUT2D eigenvalue weighted by Crippen LogP contribution is -2.53. The smallest absolute Gasteiger partial charge is 0.230 e. The van der Waals surface area contributed by atoms with Gasteiger partial charge in [-0.25, -0.2) is 0 Å². The first kappa shape index (κ1) is 17.1. The van der Waals surface area contributed by atoms with Crippen LogP contribution in [0, 0.1) is 5.92 Å². The fraction of sp³-hybridized carbons (Fsp3) is 0.938. The average molecular weight is 327 g/mol. The number of hydrogen-bond donors (Lipinski definition) is 4. The van der Waals surface area contributed by atoms with Gasteiger partial charge in [0.05, 0.1) is 30.8 Å². The van der Waals surface area contributed by atoms with Gasteiger partial charge in [0.15, 0.2) is 0 Å². The van der Waals surface area contributed by atoms with Gasteiger partial charge in [-0.2, -0.15) is 0 Å². The monoisotopic (exact) mass is 327 g/mol. The summed E-state index contributed by atoms with van der Waals surface area (Å²) in [7, 11) is 0. The second-order valence-corrected chi connectivity index (χ2v) is 6.99. The summed E-state index contributed by atoms with van der Waals surface area (Å²) in [6.07, 6.45) is 1.89. The molecular formula is C16H29N3O4. The van der Waals surface area contributed by atoms with E-state index in [1.807, 2.05) is 4.90 Å². The summed E-state index contributed by atoms with van der Waals surface area (Å²) < 4.78 is 6.00. The van der Waals surface area contributed by atoms with Crippen molar-refractivity contribution >= 4 is 5.91 Å². The zero-order valence-electron chi connectivity index (χ0n) is 13.6. The van der Waals surface area contributed by atoms with Crippen molar-refractivity contribution in [2.45, 2.75) is 56.5 Å². The van der Waals surface area contributed by atoms with E-state index in [0.29, 0.717) is 13.0 Å². The van der Waals surface area contributed by atoms with Crippen LogP contribution in [0.3, 0.4) is 0 Å². The molecule has 0 aromatic carbocycles. The summed E-state index contributed by atoms with van der Waals surface area (Å²) >= 11 is 0. The number of carbonyl (C=O) groups excluding carboxylic acids is 1. The molecule has 5 atom stereocenters. The predicted molar refractivity (Wildman–Crippen MR) is 84.7 cm³/mol. The van der Waals surface area contributed by atoms with Gasteiger partial charge in [-0.1, -0.05) is 0 Å². The van der Waals surface area contributed by atoms with Gasteiger partial charge in [-0.3, -0.25) is 10.1 Å². The van der Waals surface area contributed by atoms with E-state index < -0.39 is 24.2 Å². The number of nitrogens with one attached hydrogen (secondary N) is 2. The lowest BCUT2D eigenvalue weighted by atomic mass is 9.81. The number of amides is 1. The standard InChI is InChI=1S/C16H29N3O4/c20-12-7-13(21)15(16(22)19-5-1-2-6-19)14(8-12)23-9-11-3-4-17-10-18-11/h11-15,17-18,20-21H,1-10H2. The van der Waals surface area contributed by atoms with E-state index in [1.165, 1.54) is 0 Å². The van der Waals surface area contributed by atoms with Gasteiger partial charge in [-0.15, -0.1) is 0 Å². The van der Waals surface area contributed by atoms with E-state index in [2.05, 4.69) is 10.6 Å². The molecule has 2 saturated heterocycles. The first-order chi connectivity index (χ1) is 11.1. The van der Waals surface area contributed by atoms with Crippen LogP contribution < -0.4 is 10.6 Å². The molecule has 0 spiro atoms. The summed E-state index contributed by atoms with van der Waals surface area (Å²) in [5.74, 6) is -0.552. The predicted octanol–water partition coefficient (Wildman–Crippen LogP) is -0.965. The van der Waals surface area contributed by atoms with Gasteiger partial charge < -0.3 is 25.2 Å². The highest BCUT2D eigenvalue weighted by Gasteiger charge is 2.43. The van der Waals surface area contributed by atoms with Gasteiger partial charge >= 0.3 is 0 Å². The maximum Gasteiger partial charge on any atom is 0.230 e. The van der Waals surface area contributed by atoms with E-state index in [1.54, 1.807) is 0 Å². The molecule has 7 nitrogen and oxygen atoms in total. The van der Waals surface area contributed by atoms with Crippen LogP contribution in [0.25, 0.3) is 0 Å². The molecule has 1 amide bonds. The van der Waals surface area contributed by atoms with Gasteiger partial charge in [0.1, 0.15) is 0 Å². The molecule has 0 aromatic heterocycles. The van der Waals surface area contributed by atoms with Gasteiger partial charge in [0, 0.05) is 38.6 Å². The lowest BCUT2D eigenvalue weighted by Gasteiger charge is -2.39. The highest BCUT2D eigenvalue weighted by molar-refractivity contribution is 5.80. The van der Waals surface area contributed by atoms with Crippen LogP contribution in [-0.2, 0) is 9.53 Å². The maximum atomic E-state index is 12.8. The Morgan fingerprint density at radius 1 is 1.22 bits per heavy atom. The van der Waals surface area contributed by atoms with Crippen molar-refractivity contribution in [3.05, 3.63) is 0 Å². The summed E-state index contributed by atoms with van der Waals surface area (Å²) in [6, 6.07) is 0.259. The van der Waals surface area contributed by atoms with E-state index in [0.717, 1.165) is 45.6 Å². The molecule has 23 heavy (non-hydrogen) atoms. The van der Waals surface area contributed by atoms with Crippen molar-refractivity contribution in [3.8, 4) is 0 Å². The third kappa shape index (κ3) is 4.22. The van der Waals surface area contributed by atoms with Gasteiger partial charge in [-0.05, 0) is 25.8 Å². The molecule has 2 heterocycles. The van der Waals surface area contributed by atoms with E-state index in [-0.39, 0.29) is 18.4 Å². The fourth-order valence-electron chi connectivity index (χ4n) is 3.89. The molecule has 1 aliphatic carbocycles. The number of carbonyl (C=O) groups is 1. The molecule has 3 fully saturated rings. The first-order valence-electron chi connectivity index (χ1n) is 8.86. The Morgan fingerprint density at radius 2 is 2.00 bits per heavy atom. The number of rotatable bonds is 4. The molecule has 3 aliphatic rings. The van der Waals surface area contributed by atoms with Crippen LogP contribution >= 0.6 is 0 Å². The molecule has 1 saturated carbocycles. The third-order valence-electron chi connectivity index (χ3n) is 5.23. The number of nitrogens with zero attached hydrogens (tertiary/aromatic N) is 1. The van der Waals surface area contributed by atoms with Crippen molar-refractivity contribution in [1.29, 1.82) is 0 Å². The quantitative estimate of drug-likeness (QED) is 0.531. The Morgan fingerprint density at radius 3 is 2.70 bits per heavy atom. The Hall–Kier alpha value is -0.730. The summed E-state index contributed by atoms with van der Waals surface area (Å²) in [6.45, 7) is 3.77. The minimum Gasteiger partial charge on any atom is -0.393 e. The number of aliphatic hydroxyl groups excluding tert-OH is 2. The van der Waals surface area contributed by atoms with Crippen LogP contribution in [0.5, 0.6) is 0 Å². The molecule has 7 heteroatoms. The molecule has 4 N–H and O–H groups in total. The summed E-state index contributed by atoms with van der Waals surface area (Å²) in [5, 5.41) is 26.9. The molecule has 0 aromatic rings. The minimum absolute atomic E-state index is 0.00910. The highest BCUT2D eigenvalue weighted by Crippen LogP contribution is 2.30. The van der Waals surface area contributed by atoms with E-state index in [9.17, 15) is 15.0 Å². The number of likely N-dealkylation sites (tertiary alicyclic amines) is 1. The van der Waals surface area contributed by atoms with Crippen LogP contribution in [0.2, 0.25) is 0 Å². The van der Waals surface area contributed by atoms with Crippen molar-refractivity contribution in [2.24, 2.45) is 5.92 Å². The largest absolute Gasteiger partial charge is 0.393 e. The highest BCUT2D eigenvalue weighted by atomic mass is 16.5. The molecular weight excluding hydrogens is 298 g/mol. The Labute approximate surface area is 137 Å². The zero-order chi connectivity index (χ0) is 16.2. The summed E-state index contributed by atoms with van der Waals surface area (Å²) in [4.78, 5) is 14.6. The second-order valence-electron chi connectivity index (χ2n) is 6.99. The average Bonchev–Trinajstić information content (AvgIpc) is 3.07. The molecule has 3 rings (SSSR count). The first-order valence-corrected chi connectivity index (χ1v) is 8.86. The second kappa shape index (κ2) is 7.90. The zero-order valence-corrected chi connectivity index (χ0v) is 13.6. The van der Waals surface area contributed by atoms with Crippen LogP contribution in [0.4, 0.5) is 0 Å². The van der Waals surface area contributed by atoms with Crippen molar-refractivity contribution in [3.63, 3.8) is 0 Å². The van der Waals surface area contributed by atoms with E-state index >= 15 is 0 Å². The van der Waals surface area contributed by atoms with Crippen LogP contribution in [0.1, 0.15) is 32.1 Å². The summed E-state index contributed by atoms with van der Waals surface area (Å²) in [5.41, 5.74) is 0. The molecule has 2 aliphatic heterocycles. The maximum absolute atomic E-state index is 12.8. The molecule has 0 radical (unpaired) electrons. The Balaban J connectivity index is 1.61. The molecule has 5 unspecified atom stereocenters. The molecule has 132 valence electrons. The Kier molecular flexibility index (Phi) is 5.87. The normalized spacial score (nSPS) is 38.7. The van der Waals surface area contributed by atoms with Crippen molar-refractivity contribution in [1.82, 2.24) is 15.5 Å². The van der Waals surface area contributed by atoms with Crippen molar-refractivity contribution in [2.75, 3.05) is 32.9 Å². The van der Waals surface area contributed by atoms with E-state index in [4.69, 9.17) is 4.74 Å². The van der Waals surface area contributed by atoms with Gasteiger partial charge in [0.25, 0.3) is 0 Å². The van der Waals surface area contributed by atoms with Crippen LogP contribution in [0.15, 0.2) is 0 Å². The topological polar surface area (TPSA) is 94.1 Å². The third-order valence-corrected chi connectivity index (χ3v) is 5.23. The SMILES string of the molecule is O=C(C1C(O)CC(O)CC1OCC1CCNCN1)N1CCCC1. The fourth-order valence-corrected chi connectivity index (χ4v) is 3.89. The molecule has 0 bridgehead atoms. The number of hydrogen-bond acceptors (Lipinski definition) is 6. The number of ether oxygens (including phenoxy) is 1. The number of aliphatic hydroxyl groups is 2. The minimum atomic E-state index is -0.821. The van der Waals surface area contributed by atoms with Gasteiger partial charge in [0.2, 0.25) is 5.91 Å². The van der Waals surface area contributed by atoms with Crippen LogP contribution in [-0.4, -0.2) is 78.3 Å². The lowest BCUT2D eigenvalue weighted by molar-refractivity contribution is -0.157. The van der Waals surface area contributed by atoms with Crippen molar-refractivity contribution < 1.29 is 19.7 Å².